The van der Waals surface area contributed by atoms with Crippen LogP contribution in [-0.4, -0.2) is 15.3 Å². The van der Waals surface area contributed by atoms with Gasteiger partial charge in [0.1, 0.15) is 0 Å². The highest BCUT2D eigenvalue weighted by Crippen LogP contribution is 2.39. The minimum Gasteiger partial charge on any atom is -0.326 e. The maximum atomic E-state index is 13.5. The minimum absolute atomic E-state index is 0.217. The maximum absolute atomic E-state index is 13.5. The molecule has 3 nitrogen and oxygen atoms in total. The van der Waals surface area contributed by atoms with Gasteiger partial charge in [0.2, 0.25) is 0 Å². The summed E-state index contributed by atoms with van der Waals surface area (Å²) in [5.74, 6) is 0. The molecule has 0 aliphatic heterocycles. The average Bonchev–Trinajstić information content (AvgIpc) is 3.12. The molecule has 1 aliphatic rings. The summed E-state index contributed by atoms with van der Waals surface area (Å²) in [5, 5.41) is 0.876. The Morgan fingerprint density at radius 2 is 1.83 bits per heavy atom. The fourth-order valence-corrected chi connectivity index (χ4v) is 4.60. The van der Waals surface area contributed by atoms with Crippen LogP contribution in [0.25, 0.3) is 11.0 Å². The summed E-state index contributed by atoms with van der Waals surface area (Å²) < 4.78 is 42.5. The summed E-state index contributed by atoms with van der Waals surface area (Å²) in [4.78, 5) is 8.87. The van der Waals surface area contributed by atoms with Crippen LogP contribution in [0.15, 0.2) is 41.7 Å². The topological polar surface area (TPSA) is 30.2 Å². The van der Waals surface area contributed by atoms with Crippen molar-refractivity contribution in [1.82, 2.24) is 9.55 Å². The zero-order chi connectivity index (χ0) is 21.5. The van der Waals surface area contributed by atoms with Crippen LogP contribution < -0.4 is 0 Å². The van der Waals surface area contributed by atoms with Crippen molar-refractivity contribution < 1.29 is 13.2 Å². The number of fused-ring (bicyclic) bond motifs is 1. The van der Waals surface area contributed by atoms with Crippen LogP contribution in [0.1, 0.15) is 56.2 Å². The Bertz CT molecular complexity index is 1110. The van der Waals surface area contributed by atoms with Crippen molar-refractivity contribution in [1.29, 1.82) is 0 Å². The van der Waals surface area contributed by atoms with E-state index in [4.69, 9.17) is 23.2 Å². The van der Waals surface area contributed by atoms with Crippen LogP contribution in [-0.2, 0) is 6.18 Å². The van der Waals surface area contributed by atoms with Gasteiger partial charge in [-0.2, -0.15) is 13.2 Å². The number of aromatic nitrogens is 2. The first-order valence-corrected chi connectivity index (χ1v) is 10.6. The van der Waals surface area contributed by atoms with Gasteiger partial charge in [0.05, 0.1) is 33.6 Å². The number of rotatable bonds is 3. The third-order valence-electron chi connectivity index (χ3n) is 5.55. The Morgan fingerprint density at radius 1 is 1.10 bits per heavy atom. The number of nitrogens with zero attached hydrogens (tertiary/aromatic N) is 3. The van der Waals surface area contributed by atoms with Gasteiger partial charge in [-0.05, 0) is 44.0 Å². The summed E-state index contributed by atoms with van der Waals surface area (Å²) >= 11 is 12.2. The molecule has 0 N–H and O–H groups in total. The normalized spacial score (nSPS) is 16.4. The zero-order valence-electron chi connectivity index (χ0n) is 16.3. The van der Waals surface area contributed by atoms with Crippen molar-refractivity contribution in [2.24, 2.45) is 4.99 Å². The van der Waals surface area contributed by atoms with Crippen LogP contribution >= 0.6 is 23.2 Å². The maximum Gasteiger partial charge on any atom is 0.416 e. The van der Waals surface area contributed by atoms with E-state index in [-0.39, 0.29) is 11.7 Å². The third kappa shape index (κ3) is 4.21. The molecule has 1 heterocycles. The third-order valence-corrected chi connectivity index (χ3v) is 6.10. The molecule has 1 saturated carbocycles. The van der Waals surface area contributed by atoms with Gasteiger partial charge in [-0.25, -0.2) is 4.98 Å². The highest BCUT2D eigenvalue weighted by Gasteiger charge is 2.32. The Morgan fingerprint density at radius 3 is 2.50 bits per heavy atom. The standard InChI is InChI=1S/C22H20Cl2F3N3/c1-13(17-8-7-15(23)11-18(17)24)29-20-10-14(22(25,26)27)9-19-21(20)30(12-28-19)16-5-3-2-4-6-16/h7-12,16H,2-6H2,1H3. The van der Waals surface area contributed by atoms with E-state index in [2.05, 4.69) is 9.98 Å². The molecule has 3 aromatic rings. The first-order valence-electron chi connectivity index (χ1n) is 9.82. The predicted octanol–water partition coefficient (Wildman–Crippen LogP) is 8.01. The molecule has 0 amide bonds. The van der Waals surface area contributed by atoms with E-state index in [9.17, 15) is 13.2 Å². The van der Waals surface area contributed by atoms with E-state index in [0.717, 1.165) is 37.8 Å². The molecule has 0 saturated heterocycles. The molecular formula is C22H20Cl2F3N3. The van der Waals surface area contributed by atoms with Crippen molar-refractivity contribution in [3.05, 3.63) is 57.8 Å². The average molecular weight is 454 g/mol. The van der Waals surface area contributed by atoms with E-state index in [0.29, 0.717) is 32.4 Å². The molecule has 1 aromatic heterocycles. The van der Waals surface area contributed by atoms with Crippen molar-refractivity contribution in [3.8, 4) is 0 Å². The molecule has 0 radical (unpaired) electrons. The molecule has 1 fully saturated rings. The van der Waals surface area contributed by atoms with E-state index < -0.39 is 11.7 Å². The van der Waals surface area contributed by atoms with Gasteiger partial charge in [-0.3, -0.25) is 4.99 Å². The van der Waals surface area contributed by atoms with E-state index in [1.54, 1.807) is 31.5 Å². The Balaban J connectivity index is 1.89. The van der Waals surface area contributed by atoms with E-state index >= 15 is 0 Å². The minimum atomic E-state index is -4.49. The van der Waals surface area contributed by atoms with Gasteiger partial charge >= 0.3 is 6.18 Å². The molecule has 4 rings (SSSR count). The number of imidazole rings is 1. The molecule has 0 bridgehead atoms. The second kappa shape index (κ2) is 8.23. The Kier molecular flexibility index (Phi) is 5.82. The largest absolute Gasteiger partial charge is 0.416 e. The SMILES string of the molecule is CC(=Nc1cc(C(F)(F)F)cc2ncn(C3CCCCC3)c12)c1ccc(Cl)cc1Cl. The van der Waals surface area contributed by atoms with E-state index in [1.165, 1.54) is 6.42 Å². The van der Waals surface area contributed by atoms with Crippen LogP contribution in [0.2, 0.25) is 10.0 Å². The van der Waals surface area contributed by atoms with Gasteiger partial charge in [-0.1, -0.05) is 48.5 Å². The van der Waals surface area contributed by atoms with Gasteiger partial charge in [-0.15, -0.1) is 0 Å². The summed E-state index contributed by atoms with van der Waals surface area (Å²) in [7, 11) is 0. The first kappa shape index (κ1) is 21.2. The molecule has 8 heteroatoms. The highest BCUT2D eigenvalue weighted by atomic mass is 35.5. The molecule has 0 atom stereocenters. The number of halogens is 5. The summed E-state index contributed by atoms with van der Waals surface area (Å²) in [6.45, 7) is 1.72. The molecule has 2 aromatic carbocycles. The monoisotopic (exact) mass is 453 g/mol. The fourth-order valence-electron chi connectivity index (χ4n) is 4.06. The van der Waals surface area contributed by atoms with Crippen LogP contribution in [0.4, 0.5) is 18.9 Å². The first-order chi connectivity index (χ1) is 14.2. The lowest BCUT2D eigenvalue weighted by molar-refractivity contribution is -0.137. The molecule has 30 heavy (non-hydrogen) atoms. The van der Waals surface area contributed by atoms with Gasteiger partial charge in [0.25, 0.3) is 0 Å². The van der Waals surface area contributed by atoms with Gasteiger partial charge in [0.15, 0.2) is 0 Å². The van der Waals surface area contributed by atoms with Crippen molar-refractivity contribution in [2.45, 2.75) is 51.2 Å². The Hall–Kier alpha value is -2.05. The van der Waals surface area contributed by atoms with Crippen molar-refractivity contribution in [2.75, 3.05) is 0 Å². The summed E-state index contributed by atoms with van der Waals surface area (Å²) in [5.41, 5.74) is 1.52. The van der Waals surface area contributed by atoms with E-state index in [1.807, 2.05) is 4.57 Å². The van der Waals surface area contributed by atoms with Crippen molar-refractivity contribution >= 4 is 45.6 Å². The second-order valence-electron chi connectivity index (χ2n) is 7.63. The highest BCUT2D eigenvalue weighted by molar-refractivity contribution is 6.37. The molecule has 0 unspecified atom stereocenters. The number of aliphatic imine (C=N–C) groups is 1. The number of hydrogen-bond acceptors (Lipinski definition) is 2. The fraction of sp³-hybridized carbons (Fsp3) is 0.364. The lowest BCUT2D eigenvalue weighted by atomic mass is 9.95. The molecule has 1 aliphatic carbocycles. The zero-order valence-corrected chi connectivity index (χ0v) is 17.8. The van der Waals surface area contributed by atoms with Crippen LogP contribution in [0.3, 0.4) is 0 Å². The summed E-state index contributed by atoms with van der Waals surface area (Å²) in [6.07, 6.45) is 2.51. The lowest BCUT2D eigenvalue weighted by Gasteiger charge is -2.24. The molecule has 158 valence electrons. The quantitative estimate of drug-likeness (QED) is 0.369. The number of benzene rings is 2. The predicted molar refractivity (Wildman–Crippen MR) is 115 cm³/mol. The smallest absolute Gasteiger partial charge is 0.326 e. The van der Waals surface area contributed by atoms with Gasteiger partial charge < -0.3 is 4.57 Å². The number of hydrogen-bond donors (Lipinski definition) is 0. The van der Waals surface area contributed by atoms with Gasteiger partial charge in [0, 0.05) is 22.3 Å². The molecule has 0 spiro atoms. The second-order valence-corrected chi connectivity index (χ2v) is 8.47. The van der Waals surface area contributed by atoms with Crippen LogP contribution in [0.5, 0.6) is 0 Å². The number of alkyl halides is 3. The lowest BCUT2D eigenvalue weighted by Crippen LogP contribution is -2.12. The summed E-state index contributed by atoms with van der Waals surface area (Å²) in [6, 6.07) is 7.39. The molecular weight excluding hydrogens is 434 g/mol. The Labute approximate surface area is 182 Å². The van der Waals surface area contributed by atoms with Crippen molar-refractivity contribution in [3.63, 3.8) is 0 Å². The van der Waals surface area contributed by atoms with Crippen LogP contribution in [0, 0.1) is 0 Å².